The number of unbranched alkanes of at least 4 members (excludes halogenated alkanes) is 2. The third-order valence-corrected chi connectivity index (χ3v) is 10.1. The molecule has 240 valence electrons. The molecule has 4 unspecified atom stereocenters. The first kappa shape index (κ1) is 32.4. The molecule has 45 heavy (non-hydrogen) atoms. The smallest absolute Gasteiger partial charge is 0.407 e. The molecule has 0 radical (unpaired) electrons. The number of benzene rings is 2. The van der Waals surface area contributed by atoms with Crippen LogP contribution >= 0.6 is 11.8 Å². The molecule has 3 aliphatic rings. The molecular weight excluding hydrogens is 592 g/mol. The Hall–Kier alpha value is -3.99. The number of esters is 1. The van der Waals surface area contributed by atoms with Crippen molar-refractivity contribution in [1.82, 2.24) is 21.3 Å². The van der Waals surface area contributed by atoms with Crippen LogP contribution in [0.25, 0.3) is 11.1 Å². The van der Waals surface area contributed by atoms with Crippen molar-refractivity contribution in [3.8, 4) is 11.1 Å². The number of alkyl carbamates (subject to hydrolysis) is 1. The molecule has 0 saturated carbocycles. The first-order chi connectivity index (χ1) is 21.9. The van der Waals surface area contributed by atoms with E-state index in [4.69, 9.17) is 9.47 Å². The first-order valence-corrected chi connectivity index (χ1v) is 16.8. The maximum Gasteiger partial charge on any atom is 0.407 e. The molecule has 11 heteroatoms. The van der Waals surface area contributed by atoms with Crippen LogP contribution in [0, 0.1) is 0 Å². The van der Waals surface area contributed by atoms with Crippen molar-refractivity contribution in [2.45, 2.75) is 74.2 Å². The van der Waals surface area contributed by atoms with Crippen molar-refractivity contribution in [3.63, 3.8) is 0 Å². The lowest BCUT2D eigenvalue weighted by molar-refractivity contribution is -0.145. The number of rotatable bonds is 16. The Morgan fingerprint density at radius 3 is 2.44 bits per heavy atom. The van der Waals surface area contributed by atoms with Gasteiger partial charge in [0.05, 0.1) is 12.1 Å². The molecule has 2 aromatic rings. The highest BCUT2D eigenvalue weighted by atomic mass is 32.2. The van der Waals surface area contributed by atoms with Crippen molar-refractivity contribution in [1.29, 1.82) is 0 Å². The van der Waals surface area contributed by atoms with Crippen molar-refractivity contribution in [3.05, 3.63) is 72.3 Å². The molecule has 0 aromatic heterocycles. The summed E-state index contributed by atoms with van der Waals surface area (Å²) < 4.78 is 10.8. The number of carbonyl (C=O) groups is 4. The number of ether oxygens (including phenoxy) is 2. The van der Waals surface area contributed by atoms with Gasteiger partial charge in [0, 0.05) is 29.9 Å². The van der Waals surface area contributed by atoms with E-state index in [1.165, 1.54) is 6.08 Å². The fourth-order valence-corrected chi connectivity index (χ4v) is 7.88. The minimum atomic E-state index is -0.871. The summed E-state index contributed by atoms with van der Waals surface area (Å²) in [5.74, 6) is 0.301. The van der Waals surface area contributed by atoms with E-state index in [0.29, 0.717) is 37.5 Å². The lowest BCUT2D eigenvalue weighted by atomic mass is 9.98. The number of fused-ring (bicyclic) bond motifs is 4. The summed E-state index contributed by atoms with van der Waals surface area (Å²) in [6, 6.07) is 15.7. The molecule has 0 bridgehead atoms. The Labute approximate surface area is 268 Å². The van der Waals surface area contributed by atoms with E-state index in [2.05, 4.69) is 52.1 Å². The first-order valence-electron chi connectivity index (χ1n) is 15.8. The normalized spacial score (nSPS) is 20.2. The van der Waals surface area contributed by atoms with Crippen LogP contribution in [0.4, 0.5) is 9.59 Å². The topological polar surface area (TPSA) is 135 Å². The van der Waals surface area contributed by atoms with Gasteiger partial charge in [-0.2, -0.15) is 11.8 Å². The molecule has 2 aliphatic heterocycles. The van der Waals surface area contributed by atoms with Crippen molar-refractivity contribution in [2.75, 3.05) is 25.5 Å². The van der Waals surface area contributed by atoms with Gasteiger partial charge in [-0.15, -0.1) is 0 Å². The van der Waals surface area contributed by atoms with Crippen molar-refractivity contribution in [2.24, 2.45) is 0 Å². The van der Waals surface area contributed by atoms with E-state index >= 15 is 0 Å². The molecule has 0 spiro atoms. The Bertz CT molecular complexity index is 1340. The third kappa shape index (κ3) is 8.39. The second kappa shape index (κ2) is 15.8. The summed E-state index contributed by atoms with van der Waals surface area (Å²) >= 11 is 1.88. The van der Waals surface area contributed by atoms with Crippen molar-refractivity contribution >= 4 is 35.8 Å². The number of urea groups is 1. The van der Waals surface area contributed by atoms with Gasteiger partial charge in [0.25, 0.3) is 0 Å². The summed E-state index contributed by atoms with van der Waals surface area (Å²) in [7, 11) is 0. The summed E-state index contributed by atoms with van der Waals surface area (Å²) in [5, 5.41) is 12.0. The van der Waals surface area contributed by atoms with Gasteiger partial charge >= 0.3 is 18.1 Å². The fourth-order valence-electron chi connectivity index (χ4n) is 6.34. The van der Waals surface area contributed by atoms with Crippen LogP contribution in [0.3, 0.4) is 0 Å². The number of thioether (sulfide) groups is 1. The van der Waals surface area contributed by atoms with Gasteiger partial charge in [-0.1, -0.05) is 67.6 Å². The van der Waals surface area contributed by atoms with E-state index in [9.17, 15) is 19.2 Å². The molecule has 4 amide bonds. The number of carbonyl (C=O) groups excluding carboxylic acids is 4. The highest BCUT2D eigenvalue weighted by molar-refractivity contribution is 8.00. The molecule has 4 N–H and O–H groups in total. The molecule has 2 saturated heterocycles. The van der Waals surface area contributed by atoms with Crippen LogP contribution in [-0.4, -0.2) is 72.9 Å². The van der Waals surface area contributed by atoms with Gasteiger partial charge in [0.2, 0.25) is 5.91 Å². The molecular formula is C34H42N4O6S. The van der Waals surface area contributed by atoms with Crippen LogP contribution in [0.1, 0.15) is 62.0 Å². The maximum absolute atomic E-state index is 12.8. The van der Waals surface area contributed by atoms with E-state index in [0.717, 1.165) is 47.3 Å². The van der Waals surface area contributed by atoms with Crippen LogP contribution < -0.4 is 21.3 Å². The van der Waals surface area contributed by atoms with Crippen LogP contribution in [0.15, 0.2) is 61.2 Å². The Kier molecular flexibility index (Phi) is 11.4. The summed E-state index contributed by atoms with van der Waals surface area (Å²) in [4.78, 5) is 49.4. The minimum Gasteiger partial charge on any atom is -0.460 e. The Morgan fingerprint density at radius 1 is 0.978 bits per heavy atom. The largest absolute Gasteiger partial charge is 0.460 e. The van der Waals surface area contributed by atoms with Gasteiger partial charge in [-0.05, 0) is 54.4 Å². The molecule has 2 heterocycles. The number of hydrogen-bond acceptors (Lipinski definition) is 7. The second-order valence-electron chi connectivity index (χ2n) is 11.7. The Balaban J connectivity index is 1.00. The summed E-state index contributed by atoms with van der Waals surface area (Å²) in [6.07, 6.45) is 5.55. The average Bonchev–Trinajstić information content (AvgIpc) is 3.70. The maximum atomic E-state index is 12.8. The van der Waals surface area contributed by atoms with E-state index in [1.807, 2.05) is 36.0 Å². The zero-order valence-electron chi connectivity index (χ0n) is 25.4. The quantitative estimate of drug-likeness (QED) is 0.0915. The molecule has 2 fully saturated rings. The average molecular weight is 635 g/mol. The van der Waals surface area contributed by atoms with Gasteiger partial charge < -0.3 is 30.7 Å². The summed E-state index contributed by atoms with van der Waals surface area (Å²) in [5.41, 5.74) is 4.50. The minimum absolute atomic E-state index is 0.00138. The molecule has 5 rings (SSSR count). The SMILES string of the molecule is C=CCOC(=O)C(CCCCNC(=O)CCCCC1SCC2NC(=O)NC21)NC(=O)OCC1c2ccccc2-c2ccccc21. The van der Waals surface area contributed by atoms with E-state index in [1.54, 1.807) is 0 Å². The lowest BCUT2D eigenvalue weighted by Gasteiger charge is -2.19. The van der Waals surface area contributed by atoms with Gasteiger partial charge in [0.1, 0.15) is 19.3 Å². The van der Waals surface area contributed by atoms with Crippen LogP contribution in [-0.2, 0) is 19.1 Å². The fraction of sp³-hybridized carbons (Fsp3) is 0.471. The number of nitrogens with one attached hydrogen (secondary N) is 4. The Morgan fingerprint density at radius 2 is 1.71 bits per heavy atom. The van der Waals surface area contributed by atoms with Gasteiger partial charge in [-0.25, -0.2) is 14.4 Å². The van der Waals surface area contributed by atoms with Gasteiger partial charge in [0.15, 0.2) is 0 Å². The number of amides is 4. The third-order valence-electron chi connectivity index (χ3n) is 8.59. The zero-order valence-corrected chi connectivity index (χ0v) is 26.2. The second-order valence-corrected chi connectivity index (χ2v) is 12.9. The molecule has 1 aliphatic carbocycles. The van der Waals surface area contributed by atoms with E-state index < -0.39 is 18.1 Å². The van der Waals surface area contributed by atoms with Crippen LogP contribution in [0.2, 0.25) is 0 Å². The monoisotopic (exact) mass is 634 g/mol. The van der Waals surface area contributed by atoms with E-state index in [-0.39, 0.29) is 43.2 Å². The number of hydrogen-bond donors (Lipinski definition) is 4. The standard InChI is InChI=1S/C34H42N4O6S/c1-2-19-43-32(40)27(37-34(42)44-20-26-24-13-5-3-11-22(24)23-12-4-6-14-25(23)26)15-9-10-18-35-30(39)17-8-7-16-29-31-28(21-45-29)36-33(41)38-31/h2-6,11-14,26-29,31H,1,7-10,15-21H2,(H,35,39)(H,37,42)(H2,36,38,41). The molecule has 2 aromatic carbocycles. The molecule has 10 nitrogen and oxygen atoms in total. The molecule has 4 atom stereocenters. The summed E-state index contributed by atoms with van der Waals surface area (Å²) in [6.45, 7) is 4.26. The highest BCUT2D eigenvalue weighted by Gasteiger charge is 2.42. The highest BCUT2D eigenvalue weighted by Crippen LogP contribution is 2.44. The van der Waals surface area contributed by atoms with Crippen molar-refractivity contribution < 1.29 is 28.7 Å². The zero-order chi connectivity index (χ0) is 31.6. The predicted molar refractivity (Wildman–Crippen MR) is 174 cm³/mol. The van der Waals surface area contributed by atoms with Gasteiger partial charge in [-0.3, -0.25) is 4.79 Å². The lowest BCUT2D eigenvalue weighted by Crippen LogP contribution is -2.42. The van der Waals surface area contributed by atoms with Crippen LogP contribution in [0.5, 0.6) is 0 Å². The predicted octanol–water partition coefficient (Wildman–Crippen LogP) is 4.64.